The number of ketones is 1. The van der Waals surface area contributed by atoms with Gasteiger partial charge in [0.25, 0.3) is 0 Å². The van der Waals surface area contributed by atoms with Crippen LogP contribution in [0.15, 0.2) is 24.0 Å². The third kappa shape index (κ3) is 2.62. The molecule has 0 bridgehead atoms. The van der Waals surface area contributed by atoms with E-state index in [1.807, 2.05) is 6.07 Å². The van der Waals surface area contributed by atoms with Crippen LogP contribution in [0, 0.1) is 23.1 Å². The molecular weight excluding hydrogens is 231 g/mol. The van der Waals surface area contributed by atoms with Gasteiger partial charge in [-0.3, -0.25) is 9.78 Å². The van der Waals surface area contributed by atoms with E-state index in [1.54, 1.807) is 0 Å². The zero-order valence-electron chi connectivity index (χ0n) is 9.90. The number of pyridine rings is 1. The topological polar surface area (TPSA) is 53.8 Å². The van der Waals surface area contributed by atoms with E-state index in [4.69, 9.17) is 5.26 Å². The van der Waals surface area contributed by atoms with Crippen LogP contribution >= 0.6 is 0 Å². The van der Waals surface area contributed by atoms with E-state index in [-0.39, 0.29) is 22.8 Å². The highest BCUT2D eigenvalue weighted by Gasteiger charge is 2.25. The molecule has 92 valence electrons. The van der Waals surface area contributed by atoms with Crippen LogP contribution in [0.3, 0.4) is 0 Å². The lowest BCUT2D eigenvalue weighted by molar-refractivity contribution is -0.118. The molecule has 0 N–H and O–H groups in total. The summed E-state index contributed by atoms with van der Waals surface area (Å²) in [6, 6.07) is 3.33. The number of carbonyl (C=O) groups is 1. The van der Waals surface area contributed by atoms with Crippen molar-refractivity contribution in [2.45, 2.75) is 25.7 Å². The van der Waals surface area contributed by atoms with Crippen LogP contribution in [0.1, 0.15) is 31.2 Å². The number of hydrogen-bond donors (Lipinski definition) is 0. The zero-order valence-corrected chi connectivity index (χ0v) is 9.90. The highest BCUT2D eigenvalue weighted by molar-refractivity contribution is 6.04. The van der Waals surface area contributed by atoms with Crippen LogP contribution < -0.4 is 0 Å². The van der Waals surface area contributed by atoms with Crippen LogP contribution in [0.2, 0.25) is 0 Å². The fraction of sp³-hybridized carbons (Fsp3) is 0.357. The summed E-state index contributed by atoms with van der Waals surface area (Å²) in [4.78, 5) is 15.7. The van der Waals surface area contributed by atoms with Gasteiger partial charge in [0.2, 0.25) is 0 Å². The second kappa shape index (κ2) is 5.54. The van der Waals surface area contributed by atoms with Crippen LogP contribution in [0.5, 0.6) is 0 Å². The molecule has 1 aromatic heterocycles. The largest absolute Gasteiger partial charge is 0.293 e. The van der Waals surface area contributed by atoms with Crippen molar-refractivity contribution >= 4 is 11.9 Å². The van der Waals surface area contributed by atoms with Crippen molar-refractivity contribution in [3.8, 4) is 6.07 Å². The Morgan fingerprint density at radius 3 is 2.83 bits per heavy atom. The molecule has 0 atom stereocenters. The minimum absolute atomic E-state index is 0.0343. The Bertz CT molecular complexity index is 525. The van der Waals surface area contributed by atoms with Gasteiger partial charge in [0.1, 0.15) is 11.9 Å². The monoisotopic (exact) mass is 244 g/mol. The maximum Gasteiger partial charge on any atom is 0.176 e. The number of Topliss-reactive ketones (excluding diaryl/α,β-unsaturated/α-hetero) is 1. The molecular formula is C14H13FN2O. The van der Waals surface area contributed by atoms with E-state index in [9.17, 15) is 9.18 Å². The average molecular weight is 244 g/mol. The third-order valence-electron chi connectivity index (χ3n) is 3.22. The van der Waals surface area contributed by atoms with Crippen LogP contribution in [0.25, 0.3) is 6.08 Å². The van der Waals surface area contributed by atoms with Gasteiger partial charge in [-0.1, -0.05) is 12.8 Å². The molecule has 1 saturated carbocycles. The fourth-order valence-electron chi connectivity index (χ4n) is 2.22. The molecule has 0 spiro atoms. The summed E-state index contributed by atoms with van der Waals surface area (Å²) in [5, 5.41) is 9.03. The number of aromatic nitrogens is 1. The van der Waals surface area contributed by atoms with E-state index in [0.29, 0.717) is 0 Å². The van der Waals surface area contributed by atoms with Crippen LogP contribution in [-0.2, 0) is 4.79 Å². The predicted octanol–water partition coefficient (Wildman–Crippen LogP) is 2.89. The van der Waals surface area contributed by atoms with Gasteiger partial charge < -0.3 is 0 Å². The van der Waals surface area contributed by atoms with Gasteiger partial charge in [-0.25, -0.2) is 4.39 Å². The van der Waals surface area contributed by atoms with E-state index in [1.165, 1.54) is 18.3 Å². The third-order valence-corrected chi connectivity index (χ3v) is 3.22. The quantitative estimate of drug-likeness (QED) is 0.606. The lowest BCUT2D eigenvalue weighted by Crippen LogP contribution is -2.12. The first-order valence-corrected chi connectivity index (χ1v) is 5.98. The molecule has 1 aromatic rings. The Labute approximate surface area is 105 Å². The Balaban J connectivity index is 2.26. The average Bonchev–Trinajstić information content (AvgIpc) is 2.91. The number of nitrogens with zero attached hydrogens (tertiary/aromatic N) is 2. The summed E-state index contributed by atoms with van der Waals surface area (Å²) in [7, 11) is 0. The normalized spacial score (nSPS) is 16.6. The second-order valence-electron chi connectivity index (χ2n) is 4.41. The minimum Gasteiger partial charge on any atom is -0.293 e. The minimum atomic E-state index is -0.524. The maximum atomic E-state index is 13.4. The number of rotatable bonds is 3. The Morgan fingerprint density at radius 2 is 2.22 bits per heavy atom. The Hall–Kier alpha value is -2.02. The Kier molecular flexibility index (Phi) is 3.83. The molecule has 4 heteroatoms. The van der Waals surface area contributed by atoms with Crippen molar-refractivity contribution in [2.24, 2.45) is 5.92 Å². The van der Waals surface area contributed by atoms with Gasteiger partial charge in [-0.2, -0.15) is 5.26 Å². The lowest BCUT2D eigenvalue weighted by Gasteiger charge is -2.06. The van der Waals surface area contributed by atoms with Crippen molar-refractivity contribution in [3.63, 3.8) is 0 Å². The molecule has 2 rings (SSSR count). The van der Waals surface area contributed by atoms with E-state index in [2.05, 4.69) is 4.98 Å². The van der Waals surface area contributed by atoms with Crippen molar-refractivity contribution < 1.29 is 9.18 Å². The summed E-state index contributed by atoms with van der Waals surface area (Å²) in [5.74, 6) is -0.753. The van der Waals surface area contributed by atoms with Crippen molar-refractivity contribution in [1.29, 1.82) is 5.26 Å². The number of hydrogen-bond acceptors (Lipinski definition) is 3. The number of halogens is 1. The smallest absolute Gasteiger partial charge is 0.176 e. The molecule has 1 aliphatic carbocycles. The van der Waals surface area contributed by atoms with Gasteiger partial charge in [-0.15, -0.1) is 0 Å². The summed E-state index contributed by atoms with van der Waals surface area (Å²) in [5.41, 5.74) is 0.264. The molecule has 1 aliphatic rings. The van der Waals surface area contributed by atoms with Gasteiger partial charge in [0.05, 0.1) is 11.8 Å². The van der Waals surface area contributed by atoms with Crippen LogP contribution in [0.4, 0.5) is 4.39 Å². The zero-order chi connectivity index (χ0) is 13.0. The second-order valence-corrected chi connectivity index (χ2v) is 4.41. The first kappa shape index (κ1) is 12.4. The molecule has 0 radical (unpaired) electrons. The van der Waals surface area contributed by atoms with Gasteiger partial charge in [-0.05, 0) is 25.0 Å². The number of allylic oxidation sites excluding steroid dienone is 1. The first-order chi connectivity index (χ1) is 8.72. The molecule has 3 nitrogen and oxygen atoms in total. The van der Waals surface area contributed by atoms with Gasteiger partial charge >= 0.3 is 0 Å². The van der Waals surface area contributed by atoms with Crippen molar-refractivity contribution in [3.05, 3.63) is 35.4 Å². The van der Waals surface area contributed by atoms with Crippen LogP contribution in [-0.4, -0.2) is 10.8 Å². The van der Waals surface area contributed by atoms with E-state index in [0.717, 1.165) is 31.9 Å². The SMILES string of the molecule is N#C/C(=C\c1ccncc1F)C(=O)C1CCCC1. The molecule has 0 unspecified atom stereocenters. The first-order valence-electron chi connectivity index (χ1n) is 5.98. The summed E-state index contributed by atoms with van der Waals surface area (Å²) < 4.78 is 13.4. The van der Waals surface area contributed by atoms with Crippen molar-refractivity contribution in [2.75, 3.05) is 0 Å². The highest BCUT2D eigenvalue weighted by atomic mass is 19.1. The fourth-order valence-corrected chi connectivity index (χ4v) is 2.22. The predicted molar refractivity (Wildman–Crippen MR) is 64.8 cm³/mol. The van der Waals surface area contributed by atoms with Crippen molar-refractivity contribution in [1.82, 2.24) is 4.98 Å². The van der Waals surface area contributed by atoms with E-state index >= 15 is 0 Å². The number of carbonyl (C=O) groups excluding carboxylic acids is 1. The molecule has 1 heterocycles. The summed E-state index contributed by atoms with van der Waals surface area (Å²) >= 11 is 0. The molecule has 0 saturated heterocycles. The highest BCUT2D eigenvalue weighted by Crippen LogP contribution is 2.28. The molecule has 18 heavy (non-hydrogen) atoms. The molecule has 1 fully saturated rings. The lowest BCUT2D eigenvalue weighted by atomic mass is 9.95. The molecule has 0 aliphatic heterocycles. The molecule has 0 amide bonds. The maximum absolute atomic E-state index is 13.4. The van der Waals surface area contributed by atoms with Gasteiger partial charge in [0.15, 0.2) is 5.78 Å². The van der Waals surface area contributed by atoms with E-state index < -0.39 is 5.82 Å². The Morgan fingerprint density at radius 1 is 1.50 bits per heavy atom. The molecule has 0 aromatic carbocycles. The standard InChI is InChI=1S/C14H13FN2O/c15-13-9-17-6-5-11(13)7-12(8-16)14(18)10-3-1-2-4-10/h5-7,9-10H,1-4H2/b12-7+. The summed E-state index contributed by atoms with van der Waals surface area (Å²) in [6.45, 7) is 0. The summed E-state index contributed by atoms with van der Waals surface area (Å²) in [6.07, 6.45) is 7.54. The number of nitriles is 1. The van der Waals surface area contributed by atoms with Gasteiger partial charge in [0, 0.05) is 17.7 Å².